The second-order valence-electron chi connectivity index (χ2n) is 5.69. The quantitative estimate of drug-likeness (QED) is 0.898. The molecule has 1 amide bonds. The maximum Gasteiger partial charge on any atom is 0.257 e. The largest absolute Gasteiger partial charge is 0.463 e. The maximum atomic E-state index is 12.4. The van der Waals surface area contributed by atoms with E-state index >= 15 is 0 Å². The second kappa shape index (κ2) is 4.10. The lowest BCUT2D eigenvalue weighted by molar-refractivity contribution is 0.0276. The van der Waals surface area contributed by atoms with Gasteiger partial charge in [0.15, 0.2) is 0 Å². The number of benzene rings is 1. The topological polar surface area (TPSA) is 59.5 Å². The molecule has 1 aliphatic heterocycles. The summed E-state index contributed by atoms with van der Waals surface area (Å²) in [6, 6.07) is 7.58. The lowest BCUT2D eigenvalue weighted by Gasteiger charge is -2.50. The number of nitrogens with two attached hydrogens (primary N) is 1. The summed E-state index contributed by atoms with van der Waals surface area (Å²) in [6.07, 6.45) is 1.54. The monoisotopic (exact) mass is 258 g/mol. The minimum atomic E-state index is -0.241. The van der Waals surface area contributed by atoms with Crippen LogP contribution in [-0.2, 0) is 0 Å². The predicted molar refractivity (Wildman–Crippen MR) is 73.9 cm³/mol. The molecule has 100 valence electrons. The van der Waals surface area contributed by atoms with Gasteiger partial charge in [-0.3, -0.25) is 4.79 Å². The number of para-hydroxylation sites is 1. The lowest BCUT2D eigenvalue weighted by atomic mass is 9.80. The second-order valence-corrected chi connectivity index (χ2v) is 5.69. The summed E-state index contributed by atoms with van der Waals surface area (Å²) < 4.78 is 5.41. The number of hydrogen-bond acceptors (Lipinski definition) is 3. The smallest absolute Gasteiger partial charge is 0.257 e. The van der Waals surface area contributed by atoms with Crippen LogP contribution in [0.4, 0.5) is 0 Å². The average Bonchev–Trinajstić information content (AvgIpc) is 2.77. The number of carbonyl (C=O) groups excluding carboxylic acids is 1. The Kier molecular flexibility index (Phi) is 2.64. The Hall–Kier alpha value is -1.81. The molecule has 1 aromatic heterocycles. The average molecular weight is 258 g/mol. The number of nitrogens with zero attached hydrogens (tertiary/aromatic N) is 1. The van der Waals surface area contributed by atoms with Crippen LogP contribution >= 0.6 is 0 Å². The summed E-state index contributed by atoms with van der Waals surface area (Å²) in [6.45, 7) is 5.41. The number of furan rings is 1. The highest BCUT2D eigenvalue weighted by atomic mass is 16.3. The van der Waals surface area contributed by atoms with Gasteiger partial charge in [-0.2, -0.15) is 0 Å². The Bertz CT molecular complexity index is 624. The zero-order valence-electron chi connectivity index (χ0n) is 11.2. The minimum Gasteiger partial charge on any atom is -0.463 e. The fourth-order valence-corrected chi connectivity index (χ4v) is 2.49. The number of rotatable bonds is 2. The maximum absolute atomic E-state index is 12.4. The first-order valence-electron chi connectivity index (χ1n) is 6.56. The Labute approximate surface area is 112 Å². The van der Waals surface area contributed by atoms with Gasteiger partial charge in [0.1, 0.15) is 11.8 Å². The van der Waals surface area contributed by atoms with Crippen LogP contribution in [0.2, 0.25) is 0 Å². The third-order valence-corrected chi connectivity index (χ3v) is 4.12. The lowest BCUT2D eigenvalue weighted by Crippen LogP contribution is -2.71. The molecule has 3 rings (SSSR count). The molecule has 2 N–H and O–H groups in total. The van der Waals surface area contributed by atoms with Gasteiger partial charge in [0, 0.05) is 18.5 Å². The highest BCUT2D eigenvalue weighted by Gasteiger charge is 2.44. The molecule has 2 aromatic rings. The van der Waals surface area contributed by atoms with E-state index in [2.05, 4.69) is 13.8 Å². The van der Waals surface area contributed by atoms with Crippen molar-refractivity contribution in [1.82, 2.24) is 4.90 Å². The normalized spacial score (nSPS) is 17.8. The van der Waals surface area contributed by atoms with Gasteiger partial charge in [0.25, 0.3) is 5.91 Å². The fraction of sp³-hybridized carbons (Fsp3) is 0.400. The third kappa shape index (κ3) is 1.83. The van der Waals surface area contributed by atoms with Crippen LogP contribution in [0, 0.1) is 5.92 Å². The van der Waals surface area contributed by atoms with Gasteiger partial charge in [0.05, 0.1) is 11.1 Å². The number of fused-ring (bicyclic) bond motifs is 1. The van der Waals surface area contributed by atoms with E-state index < -0.39 is 0 Å². The first-order chi connectivity index (χ1) is 9.01. The van der Waals surface area contributed by atoms with Crippen LogP contribution in [0.1, 0.15) is 24.2 Å². The predicted octanol–water partition coefficient (Wildman–Crippen LogP) is 2.24. The van der Waals surface area contributed by atoms with Crippen LogP contribution in [0.5, 0.6) is 0 Å². The van der Waals surface area contributed by atoms with E-state index in [-0.39, 0.29) is 11.4 Å². The molecule has 4 nitrogen and oxygen atoms in total. The van der Waals surface area contributed by atoms with Crippen molar-refractivity contribution < 1.29 is 9.21 Å². The molecule has 1 aliphatic rings. The fourth-order valence-electron chi connectivity index (χ4n) is 2.49. The molecule has 2 heterocycles. The highest BCUT2D eigenvalue weighted by Crippen LogP contribution is 2.29. The Morgan fingerprint density at radius 1 is 1.37 bits per heavy atom. The Morgan fingerprint density at radius 2 is 2.05 bits per heavy atom. The van der Waals surface area contributed by atoms with Crippen molar-refractivity contribution in [3.05, 3.63) is 36.1 Å². The van der Waals surface area contributed by atoms with Gasteiger partial charge in [-0.1, -0.05) is 32.0 Å². The first kappa shape index (κ1) is 12.2. The van der Waals surface area contributed by atoms with Crippen molar-refractivity contribution in [2.24, 2.45) is 11.7 Å². The van der Waals surface area contributed by atoms with Crippen molar-refractivity contribution in [2.75, 3.05) is 13.1 Å². The molecular weight excluding hydrogens is 240 g/mol. The van der Waals surface area contributed by atoms with Crippen molar-refractivity contribution in [3.8, 4) is 0 Å². The molecule has 0 atom stereocenters. The Balaban J connectivity index is 1.83. The van der Waals surface area contributed by atoms with Crippen LogP contribution < -0.4 is 5.73 Å². The number of amides is 1. The zero-order valence-corrected chi connectivity index (χ0v) is 11.2. The molecule has 0 unspecified atom stereocenters. The molecule has 0 saturated carbocycles. The van der Waals surface area contributed by atoms with E-state index in [4.69, 9.17) is 10.2 Å². The zero-order chi connectivity index (χ0) is 13.6. The van der Waals surface area contributed by atoms with Crippen LogP contribution in [-0.4, -0.2) is 29.4 Å². The molecular formula is C15H18N2O2. The van der Waals surface area contributed by atoms with Gasteiger partial charge in [0.2, 0.25) is 0 Å². The molecule has 0 bridgehead atoms. The van der Waals surface area contributed by atoms with Crippen LogP contribution in [0.15, 0.2) is 34.9 Å². The molecule has 0 radical (unpaired) electrons. The minimum absolute atomic E-state index is 0.00618. The SMILES string of the molecule is CC(C)C1(N)CN(C(=O)c2coc3ccccc23)C1. The summed E-state index contributed by atoms with van der Waals surface area (Å²) in [7, 11) is 0. The summed E-state index contributed by atoms with van der Waals surface area (Å²) in [4.78, 5) is 14.2. The summed E-state index contributed by atoms with van der Waals surface area (Å²) in [5.41, 5.74) is 7.35. The van der Waals surface area contributed by atoms with Gasteiger partial charge >= 0.3 is 0 Å². The number of hydrogen-bond donors (Lipinski definition) is 1. The Morgan fingerprint density at radius 3 is 2.74 bits per heavy atom. The summed E-state index contributed by atoms with van der Waals surface area (Å²) >= 11 is 0. The van der Waals surface area contributed by atoms with Gasteiger partial charge in [-0.05, 0) is 12.0 Å². The van der Waals surface area contributed by atoms with E-state index in [1.807, 2.05) is 24.3 Å². The van der Waals surface area contributed by atoms with Crippen molar-refractivity contribution in [2.45, 2.75) is 19.4 Å². The summed E-state index contributed by atoms with van der Waals surface area (Å²) in [5.74, 6) is 0.379. The van der Waals surface area contributed by atoms with E-state index in [0.29, 0.717) is 24.6 Å². The first-order valence-corrected chi connectivity index (χ1v) is 6.56. The highest BCUT2D eigenvalue weighted by molar-refractivity contribution is 6.06. The molecule has 1 aromatic carbocycles. The van der Waals surface area contributed by atoms with Gasteiger partial charge in [-0.25, -0.2) is 0 Å². The van der Waals surface area contributed by atoms with E-state index in [1.165, 1.54) is 0 Å². The summed E-state index contributed by atoms with van der Waals surface area (Å²) in [5, 5.41) is 0.867. The number of likely N-dealkylation sites (tertiary alicyclic amines) is 1. The molecule has 4 heteroatoms. The van der Waals surface area contributed by atoms with Gasteiger partial charge < -0.3 is 15.1 Å². The third-order valence-electron chi connectivity index (χ3n) is 4.12. The van der Waals surface area contributed by atoms with Gasteiger partial charge in [-0.15, -0.1) is 0 Å². The van der Waals surface area contributed by atoms with Crippen molar-refractivity contribution in [1.29, 1.82) is 0 Å². The van der Waals surface area contributed by atoms with Crippen molar-refractivity contribution in [3.63, 3.8) is 0 Å². The van der Waals surface area contributed by atoms with Crippen LogP contribution in [0.25, 0.3) is 11.0 Å². The van der Waals surface area contributed by atoms with E-state index in [0.717, 1.165) is 11.0 Å². The van der Waals surface area contributed by atoms with E-state index in [9.17, 15) is 4.79 Å². The van der Waals surface area contributed by atoms with E-state index in [1.54, 1.807) is 11.2 Å². The molecule has 1 saturated heterocycles. The standard InChI is InChI=1S/C15H18N2O2/c1-10(2)15(16)8-17(9-15)14(18)12-7-19-13-6-4-3-5-11(12)13/h3-7,10H,8-9,16H2,1-2H3. The number of carbonyl (C=O) groups is 1. The van der Waals surface area contributed by atoms with Crippen molar-refractivity contribution >= 4 is 16.9 Å². The molecule has 1 fully saturated rings. The molecule has 0 spiro atoms. The molecule has 19 heavy (non-hydrogen) atoms. The molecule has 0 aliphatic carbocycles. The van der Waals surface area contributed by atoms with Crippen LogP contribution in [0.3, 0.4) is 0 Å².